The Kier molecular flexibility index (Phi) is 3.98. The molecule has 0 bridgehead atoms. The lowest BCUT2D eigenvalue weighted by molar-refractivity contribution is -1.26. The van der Waals surface area contributed by atoms with E-state index in [0.29, 0.717) is 0 Å². The number of hydrogen-bond donors (Lipinski definition) is 3. The van der Waals surface area contributed by atoms with Crippen molar-refractivity contribution in [3.8, 4) is 0 Å². The molecule has 1 rings (SSSR count). The van der Waals surface area contributed by atoms with Gasteiger partial charge >= 0.3 is 0 Å². The van der Waals surface area contributed by atoms with Crippen LogP contribution in [0.15, 0.2) is 0 Å². The quantitative estimate of drug-likeness (QED) is 0.395. The van der Waals surface area contributed by atoms with E-state index in [2.05, 4.69) is 20.8 Å². The molecule has 3 heteroatoms. The first-order valence-corrected chi connectivity index (χ1v) is 5.30. The molecule has 0 radical (unpaired) electrons. The highest BCUT2D eigenvalue weighted by Crippen LogP contribution is 1.49. The SMILES string of the molecule is CC[NH+]1C[NH+](CC)C[NH+](CC)C1. The van der Waals surface area contributed by atoms with Gasteiger partial charge in [0.05, 0.1) is 19.6 Å². The molecule has 3 nitrogen and oxygen atoms in total. The minimum absolute atomic E-state index is 1.28. The van der Waals surface area contributed by atoms with Crippen LogP contribution in [-0.2, 0) is 0 Å². The van der Waals surface area contributed by atoms with Crippen molar-refractivity contribution >= 4 is 0 Å². The lowest BCUT2D eigenvalue weighted by atomic mass is 10.4. The van der Waals surface area contributed by atoms with Crippen LogP contribution in [0, 0.1) is 0 Å². The molecular formula is C9H24N3+3. The molecule has 1 aliphatic rings. The van der Waals surface area contributed by atoms with E-state index in [1.54, 1.807) is 14.7 Å². The molecule has 0 unspecified atom stereocenters. The van der Waals surface area contributed by atoms with E-state index in [0.717, 1.165) is 0 Å². The minimum atomic E-state index is 1.28. The fourth-order valence-electron chi connectivity index (χ4n) is 2.00. The maximum absolute atomic E-state index is 2.29. The Labute approximate surface area is 75.9 Å². The lowest BCUT2D eigenvalue weighted by Crippen LogP contribution is -3.50. The van der Waals surface area contributed by atoms with Gasteiger partial charge in [-0.25, -0.2) is 14.7 Å². The Morgan fingerprint density at radius 3 is 1.08 bits per heavy atom. The Hall–Kier alpha value is -0.120. The van der Waals surface area contributed by atoms with E-state index in [1.165, 1.54) is 39.6 Å². The zero-order valence-corrected chi connectivity index (χ0v) is 8.74. The zero-order chi connectivity index (χ0) is 8.97. The van der Waals surface area contributed by atoms with Crippen LogP contribution in [0.1, 0.15) is 20.8 Å². The average molecular weight is 174 g/mol. The third-order valence-electron chi connectivity index (χ3n) is 3.00. The van der Waals surface area contributed by atoms with Gasteiger partial charge in [0.2, 0.25) is 20.0 Å². The predicted octanol–water partition coefficient (Wildman–Crippen LogP) is -3.41. The lowest BCUT2D eigenvalue weighted by Gasteiger charge is -2.32. The van der Waals surface area contributed by atoms with E-state index < -0.39 is 0 Å². The second-order valence-electron chi connectivity index (χ2n) is 3.84. The van der Waals surface area contributed by atoms with Crippen molar-refractivity contribution in [1.82, 2.24) is 0 Å². The van der Waals surface area contributed by atoms with Crippen molar-refractivity contribution in [2.45, 2.75) is 20.8 Å². The Morgan fingerprint density at radius 2 is 0.917 bits per heavy atom. The number of nitrogens with one attached hydrogen (secondary N) is 3. The van der Waals surface area contributed by atoms with Crippen molar-refractivity contribution in [3.05, 3.63) is 0 Å². The largest absolute Gasteiger partial charge is 0.242 e. The van der Waals surface area contributed by atoms with Gasteiger partial charge in [-0.05, 0) is 20.8 Å². The second-order valence-corrected chi connectivity index (χ2v) is 3.84. The van der Waals surface area contributed by atoms with Crippen molar-refractivity contribution in [2.75, 3.05) is 39.6 Å². The smallest absolute Gasteiger partial charge is 0.213 e. The topological polar surface area (TPSA) is 13.3 Å². The first-order valence-electron chi connectivity index (χ1n) is 5.30. The van der Waals surface area contributed by atoms with Crippen molar-refractivity contribution in [1.29, 1.82) is 0 Å². The molecule has 0 amide bonds. The molecule has 1 heterocycles. The van der Waals surface area contributed by atoms with Gasteiger partial charge in [0, 0.05) is 0 Å². The van der Waals surface area contributed by atoms with E-state index >= 15 is 0 Å². The first-order chi connectivity index (χ1) is 5.80. The Bertz CT molecular complexity index is 97.2. The standard InChI is InChI=1S/C9H21N3/c1-4-10-7-11(5-2)9-12(6-3)8-10/h4-9H2,1-3H3/p+3. The molecule has 12 heavy (non-hydrogen) atoms. The summed E-state index contributed by atoms with van der Waals surface area (Å²) in [5, 5.41) is 0. The summed E-state index contributed by atoms with van der Waals surface area (Å²) in [5.74, 6) is 0. The van der Waals surface area contributed by atoms with Gasteiger partial charge in [-0.1, -0.05) is 0 Å². The summed E-state index contributed by atoms with van der Waals surface area (Å²) in [5.41, 5.74) is 0. The summed E-state index contributed by atoms with van der Waals surface area (Å²) in [6.45, 7) is 14.7. The van der Waals surface area contributed by atoms with Gasteiger partial charge in [-0.3, -0.25) is 0 Å². The number of rotatable bonds is 3. The summed E-state index contributed by atoms with van der Waals surface area (Å²) in [6.07, 6.45) is 0. The van der Waals surface area contributed by atoms with Crippen molar-refractivity contribution < 1.29 is 14.7 Å². The third-order valence-corrected chi connectivity index (χ3v) is 3.00. The molecule has 0 atom stereocenters. The van der Waals surface area contributed by atoms with E-state index in [4.69, 9.17) is 0 Å². The summed E-state index contributed by atoms with van der Waals surface area (Å²) in [4.78, 5) is 5.28. The molecule has 0 aromatic rings. The van der Waals surface area contributed by atoms with E-state index in [1.807, 2.05) is 0 Å². The molecule has 0 saturated carbocycles. The molecule has 1 fully saturated rings. The van der Waals surface area contributed by atoms with E-state index in [-0.39, 0.29) is 0 Å². The second kappa shape index (κ2) is 4.80. The molecule has 0 aromatic carbocycles. The molecular weight excluding hydrogens is 150 g/mol. The van der Waals surface area contributed by atoms with Gasteiger partial charge in [-0.15, -0.1) is 0 Å². The highest BCUT2D eigenvalue weighted by Gasteiger charge is 2.28. The maximum Gasteiger partial charge on any atom is 0.213 e. The van der Waals surface area contributed by atoms with Gasteiger partial charge in [0.25, 0.3) is 0 Å². The van der Waals surface area contributed by atoms with Crippen LogP contribution in [0.25, 0.3) is 0 Å². The van der Waals surface area contributed by atoms with Crippen LogP contribution in [0.3, 0.4) is 0 Å². The zero-order valence-electron chi connectivity index (χ0n) is 8.74. The van der Waals surface area contributed by atoms with Crippen LogP contribution >= 0.6 is 0 Å². The van der Waals surface area contributed by atoms with Crippen molar-refractivity contribution in [2.24, 2.45) is 0 Å². The fourth-order valence-corrected chi connectivity index (χ4v) is 2.00. The molecule has 0 spiro atoms. The van der Waals surface area contributed by atoms with Gasteiger partial charge in [0.15, 0.2) is 0 Å². The molecule has 3 N–H and O–H groups in total. The van der Waals surface area contributed by atoms with Crippen LogP contribution in [0.5, 0.6) is 0 Å². The Morgan fingerprint density at radius 1 is 0.667 bits per heavy atom. The summed E-state index contributed by atoms with van der Waals surface area (Å²) >= 11 is 0. The summed E-state index contributed by atoms with van der Waals surface area (Å²) in [7, 11) is 0. The summed E-state index contributed by atoms with van der Waals surface area (Å²) < 4.78 is 0. The van der Waals surface area contributed by atoms with Gasteiger partial charge in [0.1, 0.15) is 0 Å². The highest BCUT2D eigenvalue weighted by atomic mass is 15.5. The van der Waals surface area contributed by atoms with Crippen molar-refractivity contribution in [3.63, 3.8) is 0 Å². The van der Waals surface area contributed by atoms with Gasteiger partial charge < -0.3 is 0 Å². The summed E-state index contributed by atoms with van der Waals surface area (Å²) in [6, 6.07) is 0. The predicted molar refractivity (Wildman–Crippen MR) is 49.1 cm³/mol. The van der Waals surface area contributed by atoms with E-state index in [9.17, 15) is 0 Å². The normalized spacial score (nSPS) is 36.8. The minimum Gasteiger partial charge on any atom is -0.242 e. The average Bonchev–Trinajstić information content (AvgIpc) is 2.16. The number of quaternary nitrogens is 3. The van der Waals surface area contributed by atoms with Crippen LogP contribution in [0.4, 0.5) is 0 Å². The molecule has 1 saturated heterocycles. The monoisotopic (exact) mass is 174 g/mol. The number of hydrogen-bond acceptors (Lipinski definition) is 0. The highest BCUT2D eigenvalue weighted by molar-refractivity contribution is 4.15. The van der Waals surface area contributed by atoms with Crippen LogP contribution in [0.2, 0.25) is 0 Å². The third kappa shape index (κ3) is 2.44. The van der Waals surface area contributed by atoms with Crippen LogP contribution < -0.4 is 14.7 Å². The van der Waals surface area contributed by atoms with Crippen LogP contribution in [-0.4, -0.2) is 39.6 Å². The van der Waals surface area contributed by atoms with Gasteiger partial charge in [-0.2, -0.15) is 0 Å². The Balaban J connectivity index is 2.41. The molecule has 0 aromatic heterocycles. The molecule has 72 valence electrons. The first kappa shape index (κ1) is 9.96. The fraction of sp³-hybridized carbons (Fsp3) is 1.00. The molecule has 1 aliphatic heterocycles. The maximum atomic E-state index is 2.29. The molecule has 0 aliphatic carbocycles.